The Kier molecular flexibility index (Phi) is 3.22. The number of aliphatic hydroxyl groups excluding tert-OH is 1. The normalized spacial score (nSPS) is 28.4. The van der Waals surface area contributed by atoms with Gasteiger partial charge in [-0.1, -0.05) is 0 Å². The van der Waals surface area contributed by atoms with Crippen molar-refractivity contribution in [3.05, 3.63) is 23.0 Å². The number of aliphatic hydroxyl groups is 1. The standard InChI is InChI=1S/C14H21NOS/c1-10-7-12-13(3-2-4-14(12)16)15(10)8-11-5-6-17-9-11/h7,11,14,16H,2-6,8-9H2,1H3. The van der Waals surface area contributed by atoms with Crippen LogP contribution in [0.3, 0.4) is 0 Å². The molecule has 1 aromatic rings. The quantitative estimate of drug-likeness (QED) is 0.874. The van der Waals surface area contributed by atoms with E-state index in [-0.39, 0.29) is 6.10 Å². The smallest absolute Gasteiger partial charge is 0.0807 e. The van der Waals surface area contributed by atoms with E-state index in [4.69, 9.17) is 0 Å². The molecule has 2 nitrogen and oxygen atoms in total. The fourth-order valence-corrected chi connectivity index (χ4v) is 4.45. The summed E-state index contributed by atoms with van der Waals surface area (Å²) in [6.07, 6.45) is 4.38. The molecule has 2 heterocycles. The summed E-state index contributed by atoms with van der Waals surface area (Å²) in [7, 11) is 0. The number of rotatable bonds is 2. The lowest BCUT2D eigenvalue weighted by atomic mass is 9.95. The summed E-state index contributed by atoms with van der Waals surface area (Å²) in [6, 6.07) is 2.21. The maximum atomic E-state index is 10.0. The van der Waals surface area contributed by atoms with Gasteiger partial charge in [-0.25, -0.2) is 0 Å². The van der Waals surface area contributed by atoms with Crippen LogP contribution < -0.4 is 0 Å². The first-order valence-electron chi connectivity index (χ1n) is 6.70. The largest absolute Gasteiger partial charge is 0.388 e. The van der Waals surface area contributed by atoms with Gasteiger partial charge in [0, 0.05) is 23.5 Å². The Bertz CT molecular complexity index is 407. The monoisotopic (exact) mass is 251 g/mol. The van der Waals surface area contributed by atoms with Crippen molar-refractivity contribution < 1.29 is 5.11 Å². The Morgan fingerprint density at radius 3 is 3.12 bits per heavy atom. The third-order valence-corrected chi connectivity index (χ3v) is 5.40. The van der Waals surface area contributed by atoms with Crippen molar-refractivity contribution in [2.24, 2.45) is 5.92 Å². The molecule has 1 saturated heterocycles. The molecule has 1 aliphatic heterocycles. The van der Waals surface area contributed by atoms with Crippen molar-refractivity contribution in [1.82, 2.24) is 4.57 Å². The van der Waals surface area contributed by atoms with Crippen molar-refractivity contribution in [2.45, 2.75) is 45.3 Å². The lowest BCUT2D eigenvalue weighted by Crippen LogP contribution is -2.17. The fourth-order valence-electron chi connectivity index (χ4n) is 3.18. The van der Waals surface area contributed by atoms with Gasteiger partial charge in [-0.05, 0) is 56.1 Å². The molecule has 1 aliphatic carbocycles. The van der Waals surface area contributed by atoms with E-state index in [0.717, 1.165) is 25.2 Å². The molecule has 0 bridgehead atoms. The molecule has 0 saturated carbocycles. The van der Waals surface area contributed by atoms with Crippen molar-refractivity contribution in [1.29, 1.82) is 0 Å². The van der Waals surface area contributed by atoms with Crippen LogP contribution in [0.15, 0.2) is 6.07 Å². The predicted molar refractivity (Wildman–Crippen MR) is 72.5 cm³/mol. The molecule has 1 N–H and O–H groups in total. The molecule has 3 rings (SSSR count). The van der Waals surface area contributed by atoms with Gasteiger partial charge in [-0.15, -0.1) is 0 Å². The third-order valence-electron chi connectivity index (χ3n) is 4.16. The zero-order chi connectivity index (χ0) is 11.8. The number of fused-ring (bicyclic) bond motifs is 1. The van der Waals surface area contributed by atoms with E-state index in [1.54, 1.807) is 0 Å². The van der Waals surface area contributed by atoms with Gasteiger partial charge >= 0.3 is 0 Å². The number of aromatic nitrogens is 1. The molecule has 17 heavy (non-hydrogen) atoms. The van der Waals surface area contributed by atoms with Gasteiger partial charge in [0.15, 0.2) is 0 Å². The van der Waals surface area contributed by atoms with Crippen LogP contribution in [0.1, 0.15) is 42.3 Å². The highest BCUT2D eigenvalue weighted by atomic mass is 32.2. The first-order chi connectivity index (χ1) is 8.25. The molecule has 0 spiro atoms. The van der Waals surface area contributed by atoms with Crippen molar-refractivity contribution in [3.8, 4) is 0 Å². The van der Waals surface area contributed by atoms with Crippen molar-refractivity contribution in [2.75, 3.05) is 11.5 Å². The zero-order valence-corrected chi connectivity index (χ0v) is 11.3. The topological polar surface area (TPSA) is 25.2 Å². The summed E-state index contributed by atoms with van der Waals surface area (Å²) in [6.45, 7) is 3.36. The Morgan fingerprint density at radius 1 is 1.47 bits per heavy atom. The van der Waals surface area contributed by atoms with Crippen LogP contribution in [-0.4, -0.2) is 21.2 Å². The van der Waals surface area contributed by atoms with Gasteiger partial charge in [-0.3, -0.25) is 0 Å². The minimum atomic E-state index is -0.211. The molecule has 2 aliphatic rings. The number of hydrogen-bond acceptors (Lipinski definition) is 2. The summed E-state index contributed by atoms with van der Waals surface area (Å²) in [4.78, 5) is 0. The maximum absolute atomic E-state index is 10.0. The fraction of sp³-hybridized carbons (Fsp3) is 0.714. The van der Waals surface area contributed by atoms with E-state index in [1.807, 2.05) is 0 Å². The number of thioether (sulfide) groups is 1. The number of hydrogen-bond donors (Lipinski definition) is 1. The van der Waals surface area contributed by atoms with Crippen LogP contribution >= 0.6 is 11.8 Å². The molecular formula is C14H21NOS. The van der Waals surface area contributed by atoms with Crippen LogP contribution in [0.2, 0.25) is 0 Å². The van der Waals surface area contributed by atoms with Gasteiger partial charge in [0.2, 0.25) is 0 Å². The molecule has 0 radical (unpaired) electrons. The molecule has 2 unspecified atom stereocenters. The lowest BCUT2D eigenvalue weighted by Gasteiger charge is -2.22. The lowest BCUT2D eigenvalue weighted by molar-refractivity contribution is 0.155. The molecule has 0 amide bonds. The van der Waals surface area contributed by atoms with Crippen LogP contribution in [0.4, 0.5) is 0 Å². The first-order valence-corrected chi connectivity index (χ1v) is 7.86. The van der Waals surface area contributed by atoms with Crippen LogP contribution in [0, 0.1) is 12.8 Å². The Morgan fingerprint density at radius 2 is 2.35 bits per heavy atom. The summed E-state index contributed by atoms with van der Waals surface area (Å²) in [5, 5.41) is 10.0. The average Bonchev–Trinajstić information content (AvgIpc) is 2.91. The van der Waals surface area contributed by atoms with Crippen molar-refractivity contribution >= 4 is 11.8 Å². The van der Waals surface area contributed by atoms with Gasteiger partial charge in [0.05, 0.1) is 6.10 Å². The van der Waals surface area contributed by atoms with E-state index in [9.17, 15) is 5.11 Å². The summed E-state index contributed by atoms with van der Waals surface area (Å²) < 4.78 is 2.48. The molecule has 1 aromatic heterocycles. The van der Waals surface area contributed by atoms with Crippen LogP contribution in [0.5, 0.6) is 0 Å². The Balaban J connectivity index is 1.87. The third kappa shape index (κ3) is 2.15. The van der Waals surface area contributed by atoms with Gasteiger partial charge in [-0.2, -0.15) is 11.8 Å². The van der Waals surface area contributed by atoms with Crippen molar-refractivity contribution in [3.63, 3.8) is 0 Å². The summed E-state index contributed by atoms with van der Waals surface area (Å²) in [5.74, 6) is 3.49. The molecule has 3 heteroatoms. The SMILES string of the molecule is Cc1cc2c(n1CC1CCSC1)CCCC2O. The first kappa shape index (κ1) is 11.7. The highest BCUT2D eigenvalue weighted by molar-refractivity contribution is 7.99. The van der Waals surface area contributed by atoms with E-state index >= 15 is 0 Å². The molecule has 94 valence electrons. The second-order valence-electron chi connectivity index (χ2n) is 5.44. The van der Waals surface area contributed by atoms with Crippen LogP contribution in [0.25, 0.3) is 0 Å². The predicted octanol–water partition coefficient (Wildman–Crippen LogP) is 2.92. The van der Waals surface area contributed by atoms with E-state index in [0.29, 0.717) is 0 Å². The average molecular weight is 251 g/mol. The highest BCUT2D eigenvalue weighted by Crippen LogP contribution is 2.34. The minimum Gasteiger partial charge on any atom is -0.388 e. The zero-order valence-electron chi connectivity index (χ0n) is 10.5. The van der Waals surface area contributed by atoms with Gasteiger partial charge in [0.25, 0.3) is 0 Å². The second kappa shape index (κ2) is 4.69. The summed E-state index contributed by atoms with van der Waals surface area (Å²) >= 11 is 2.09. The molecule has 0 aromatic carbocycles. The minimum absolute atomic E-state index is 0.211. The molecule has 1 fully saturated rings. The van der Waals surface area contributed by atoms with E-state index in [2.05, 4.69) is 29.3 Å². The summed E-state index contributed by atoms with van der Waals surface area (Å²) in [5.41, 5.74) is 3.96. The van der Waals surface area contributed by atoms with E-state index in [1.165, 1.54) is 41.4 Å². The maximum Gasteiger partial charge on any atom is 0.0807 e. The van der Waals surface area contributed by atoms with Crippen LogP contribution in [-0.2, 0) is 13.0 Å². The highest BCUT2D eigenvalue weighted by Gasteiger charge is 2.25. The van der Waals surface area contributed by atoms with Gasteiger partial charge in [0.1, 0.15) is 0 Å². The molecular weight excluding hydrogens is 230 g/mol. The van der Waals surface area contributed by atoms with E-state index < -0.39 is 0 Å². The Hall–Kier alpha value is -0.410. The molecule has 2 atom stereocenters. The number of nitrogens with zero attached hydrogens (tertiary/aromatic N) is 1. The van der Waals surface area contributed by atoms with Gasteiger partial charge < -0.3 is 9.67 Å². The Labute approximate surface area is 107 Å². The second-order valence-corrected chi connectivity index (χ2v) is 6.59. The number of aryl methyl sites for hydroxylation is 1.